The van der Waals surface area contributed by atoms with Crippen LogP contribution in [0.15, 0.2) is 0 Å². The summed E-state index contributed by atoms with van der Waals surface area (Å²) in [4.78, 5) is 4.39. The summed E-state index contributed by atoms with van der Waals surface area (Å²) in [7, 11) is -1.70. The lowest BCUT2D eigenvalue weighted by Gasteiger charge is -2.23. The number of fused-ring (bicyclic) bond motifs is 1. The van der Waals surface area contributed by atoms with Gasteiger partial charge in [-0.25, -0.2) is 22.8 Å². The van der Waals surface area contributed by atoms with Crippen LogP contribution in [0.1, 0.15) is 44.4 Å². The summed E-state index contributed by atoms with van der Waals surface area (Å²) in [6.07, 6.45) is 1.64. The van der Waals surface area contributed by atoms with Gasteiger partial charge in [-0.15, -0.1) is 0 Å². The SMILES string of the molecule is COCc1nc2n(n1)CCC[C@@H]2NS(=O)(=O)CC(C)C. The van der Waals surface area contributed by atoms with Crippen molar-refractivity contribution < 1.29 is 13.2 Å². The number of nitrogens with zero attached hydrogens (tertiary/aromatic N) is 3. The predicted molar refractivity (Wildman–Crippen MR) is 74.5 cm³/mol. The number of aromatic nitrogens is 3. The zero-order chi connectivity index (χ0) is 14.8. The van der Waals surface area contributed by atoms with Crippen LogP contribution in [0.25, 0.3) is 0 Å². The summed E-state index contributed by atoms with van der Waals surface area (Å²) in [5.74, 6) is 1.51. The van der Waals surface area contributed by atoms with Gasteiger partial charge in [0, 0.05) is 13.7 Å². The Morgan fingerprint density at radius 3 is 2.90 bits per heavy atom. The highest BCUT2D eigenvalue weighted by molar-refractivity contribution is 7.89. The highest BCUT2D eigenvalue weighted by Crippen LogP contribution is 2.24. The normalized spacial score (nSPS) is 19.3. The number of hydrogen-bond donors (Lipinski definition) is 1. The Morgan fingerprint density at radius 1 is 1.50 bits per heavy atom. The first kappa shape index (κ1) is 15.4. The molecule has 114 valence electrons. The van der Waals surface area contributed by atoms with Crippen molar-refractivity contribution in [3.8, 4) is 0 Å². The topological polar surface area (TPSA) is 86.1 Å². The number of hydrogen-bond acceptors (Lipinski definition) is 5. The molecule has 7 nitrogen and oxygen atoms in total. The Hall–Kier alpha value is -0.990. The van der Waals surface area contributed by atoms with Crippen LogP contribution in [0.4, 0.5) is 0 Å². The molecule has 0 bridgehead atoms. The third-order valence-corrected chi connectivity index (χ3v) is 4.82. The van der Waals surface area contributed by atoms with Gasteiger partial charge >= 0.3 is 0 Å². The van der Waals surface area contributed by atoms with Crippen LogP contribution in [0, 0.1) is 5.92 Å². The minimum atomic E-state index is -3.29. The van der Waals surface area contributed by atoms with Gasteiger partial charge in [0.05, 0.1) is 11.8 Å². The van der Waals surface area contributed by atoms with Gasteiger partial charge in [0.1, 0.15) is 12.4 Å². The quantitative estimate of drug-likeness (QED) is 0.841. The largest absolute Gasteiger partial charge is 0.377 e. The van der Waals surface area contributed by atoms with Crippen molar-refractivity contribution >= 4 is 10.0 Å². The van der Waals surface area contributed by atoms with Gasteiger partial charge in [-0.2, -0.15) is 5.10 Å². The maximum atomic E-state index is 12.1. The van der Waals surface area contributed by atoms with E-state index in [1.54, 1.807) is 11.8 Å². The molecule has 1 aliphatic rings. The fourth-order valence-electron chi connectivity index (χ4n) is 2.41. The molecular formula is C12H22N4O3S. The van der Waals surface area contributed by atoms with E-state index in [0.29, 0.717) is 18.3 Å². The van der Waals surface area contributed by atoms with Crippen molar-refractivity contribution in [3.05, 3.63) is 11.6 Å². The molecule has 0 saturated carbocycles. The molecule has 1 N–H and O–H groups in total. The molecule has 20 heavy (non-hydrogen) atoms. The molecule has 2 rings (SSSR count). The smallest absolute Gasteiger partial charge is 0.212 e. The standard InChI is InChI=1S/C12H22N4O3S/c1-9(2)8-20(17,18)15-10-5-4-6-16-12(10)13-11(14-16)7-19-3/h9-10,15H,4-8H2,1-3H3/t10-/m0/s1. The van der Waals surface area contributed by atoms with Crippen molar-refractivity contribution in [2.45, 2.75) is 45.9 Å². The van der Waals surface area contributed by atoms with Crippen LogP contribution in [0.3, 0.4) is 0 Å². The van der Waals surface area contributed by atoms with E-state index < -0.39 is 10.0 Å². The van der Waals surface area contributed by atoms with Crippen LogP contribution in [-0.2, 0) is 27.9 Å². The summed E-state index contributed by atoms with van der Waals surface area (Å²) >= 11 is 0. The van der Waals surface area contributed by atoms with E-state index in [9.17, 15) is 8.42 Å². The third-order valence-electron chi connectivity index (χ3n) is 3.07. The highest BCUT2D eigenvalue weighted by Gasteiger charge is 2.28. The Balaban J connectivity index is 2.16. The number of methoxy groups -OCH3 is 1. The third kappa shape index (κ3) is 3.77. The highest BCUT2D eigenvalue weighted by atomic mass is 32.2. The van der Waals surface area contributed by atoms with Gasteiger partial charge in [-0.05, 0) is 18.8 Å². The number of sulfonamides is 1. The van der Waals surface area contributed by atoms with Crippen LogP contribution < -0.4 is 4.72 Å². The molecule has 0 radical (unpaired) electrons. The monoisotopic (exact) mass is 302 g/mol. The second kappa shape index (κ2) is 6.19. The van der Waals surface area contributed by atoms with Gasteiger partial charge in [-0.1, -0.05) is 13.8 Å². The van der Waals surface area contributed by atoms with Crippen LogP contribution in [0.5, 0.6) is 0 Å². The molecule has 1 atom stereocenters. The van der Waals surface area contributed by atoms with E-state index in [4.69, 9.17) is 4.74 Å². The molecule has 1 aliphatic heterocycles. The van der Waals surface area contributed by atoms with Crippen molar-refractivity contribution in [2.24, 2.45) is 5.92 Å². The number of ether oxygens (including phenoxy) is 1. The lowest BCUT2D eigenvalue weighted by molar-refractivity contribution is 0.177. The van der Waals surface area contributed by atoms with Gasteiger partial charge in [0.2, 0.25) is 10.0 Å². The molecule has 0 aliphatic carbocycles. The van der Waals surface area contributed by atoms with E-state index in [2.05, 4.69) is 14.8 Å². The Labute approximate surface area is 119 Å². The average Bonchev–Trinajstić information content (AvgIpc) is 2.71. The van der Waals surface area contributed by atoms with Crippen molar-refractivity contribution in [1.82, 2.24) is 19.5 Å². The molecule has 8 heteroatoms. The fraction of sp³-hybridized carbons (Fsp3) is 0.833. The first-order chi connectivity index (χ1) is 9.41. The molecular weight excluding hydrogens is 280 g/mol. The predicted octanol–water partition coefficient (Wildman–Crippen LogP) is 0.835. The van der Waals surface area contributed by atoms with Crippen molar-refractivity contribution in [2.75, 3.05) is 12.9 Å². The lowest BCUT2D eigenvalue weighted by atomic mass is 10.1. The summed E-state index contributed by atoms with van der Waals surface area (Å²) in [5.41, 5.74) is 0. The van der Waals surface area contributed by atoms with E-state index in [1.165, 1.54) is 0 Å². The molecule has 0 amide bonds. The molecule has 0 aromatic carbocycles. The number of nitrogens with one attached hydrogen (secondary N) is 1. The maximum Gasteiger partial charge on any atom is 0.212 e. The zero-order valence-electron chi connectivity index (χ0n) is 12.2. The van der Waals surface area contributed by atoms with E-state index in [0.717, 1.165) is 19.4 Å². The van der Waals surface area contributed by atoms with Crippen molar-refractivity contribution in [3.63, 3.8) is 0 Å². The number of rotatable bonds is 6. The Kier molecular flexibility index (Phi) is 4.77. The summed E-state index contributed by atoms with van der Waals surface area (Å²) in [5, 5.41) is 4.33. The maximum absolute atomic E-state index is 12.1. The molecule has 0 unspecified atom stereocenters. The Bertz CT molecular complexity index is 553. The van der Waals surface area contributed by atoms with Crippen LogP contribution >= 0.6 is 0 Å². The summed E-state index contributed by atoms with van der Waals surface area (Å²) in [6, 6.07) is -0.286. The molecule has 1 aromatic heterocycles. The zero-order valence-corrected chi connectivity index (χ0v) is 13.0. The van der Waals surface area contributed by atoms with E-state index >= 15 is 0 Å². The fourth-order valence-corrected chi connectivity index (χ4v) is 4.04. The summed E-state index contributed by atoms with van der Waals surface area (Å²) in [6.45, 7) is 4.89. The molecule has 0 fully saturated rings. The van der Waals surface area contributed by atoms with E-state index in [-0.39, 0.29) is 17.7 Å². The summed E-state index contributed by atoms with van der Waals surface area (Å²) < 4.78 is 33.7. The molecule has 0 spiro atoms. The first-order valence-electron chi connectivity index (χ1n) is 6.84. The average molecular weight is 302 g/mol. The minimum absolute atomic E-state index is 0.0954. The molecule has 1 aromatic rings. The van der Waals surface area contributed by atoms with Crippen LogP contribution in [0.2, 0.25) is 0 Å². The molecule has 0 saturated heterocycles. The van der Waals surface area contributed by atoms with Gasteiger partial charge < -0.3 is 4.74 Å². The van der Waals surface area contributed by atoms with Crippen molar-refractivity contribution in [1.29, 1.82) is 0 Å². The Morgan fingerprint density at radius 2 is 2.25 bits per heavy atom. The van der Waals surface area contributed by atoms with Gasteiger partial charge in [-0.3, -0.25) is 0 Å². The van der Waals surface area contributed by atoms with Gasteiger partial charge in [0.25, 0.3) is 0 Å². The number of aryl methyl sites for hydroxylation is 1. The lowest BCUT2D eigenvalue weighted by Crippen LogP contribution is -2.35. The van der Waals surface area contributed by atoms with Crippen LogP contribution in [-0.4, -0.2) is 36.0 Å². The van der Waals surface area contributed by atoms with Gasteiger partial charge in [0.15, 0.2) is 5.82 Å². The second-order valence-electron chi connectivity index (χ2n) is 5.53. The first-order valence-corrected chi connectivity index (χ1v) is 8.49. The minimum Gasteiger partial charge on any atom is -0.377 e. The molecule has 2 heterocycles. The second-order valence-corrected chi connectivity index (χ2v) is 7.33. The van der Waals surface area contributed by atoms with E-state index in [1.807, 2.05) is 13.8 Å².